The van der Waals surface area contributed by atoms with Gasteiger partial charge in [-0.25, -0.2) is 0 Å². The van der Waals surface area contributed by atoms with Crippen molar-refractivity contribution in [2.45, 2.75) is 18.9 Å². The van der Waals surface area contributed by atoms with E-state index in [1.807, 2.05) is 36.4 Å². The molecular formula is C17H16O. The lowest BCUT2D eigenvalue weighted by Crippen LogP contribution is -2.11. The van der Waals surface area contributed by atoms with Crippen LogP contribution in [0.5, 0.6) is 0 Å². The first-order valence-electron chi connectivity index (χ1n) is 6.36. The van der Waals surface area contributed by atoms with Crippen LogP contribution in [-0.2, 0) is 6.42 Å². The normalized spacial score (nSPS) is 20.7. The summed E-state index contributed by atoms with van der Waals surface area (Å²) in [6, 6.07) is 18.4. The molecule has 0 saturated carbocycles. The summed E-state index contributed by atoms with van der Waals surface area (Å²) in [5.41, 5.74) is 4.60. The van der Waals surface area contributed by atoms with Gasteiger partial charge in [-0.1, -0.05) is 60.7 Å². The van der Waals surface area contributed by atoms with Crippen molar-refractivity contribution in [3.05, 3.63) is 76.9 Å². The summed E-state index contributed by atoms with van der Waals surface area (Å²) < 4.78 is 0. The van der Waals surface area contributed by atoms with Gasteiger partial charge in [-0.15, -0.1) is 0 Å². The van der Waals surface area contributed by atoms with Crippen LogP contribution in [0.3, 0.4) is 0 Å². The summed E-state index contributed by atoms with van der Waals surface area (Å²) in [7, 11) is 0. The SMILES string of the molecule is OC1/C(=C/c2ccccc2)CCc2ccccc21. The van der Waals surface area contributed by atoms with Crippen molar-refractivity contribution in [1.29, 1.82) is 0 Å². The molecule has 90 valence electrons. The molecule has 1 atom stereocenters. The van der Waals surface area contributed by atoms with Crippen LogP contribution in [-0.4, -0.2) is 5.11 Å². The van der Waals surface area contributed by atoms with Gasteiger partial charge in [-0.05, 0) is 35.1 Å². The van der Waals surface area contributed by atoms with Crippen molar-refractivity contribution in [1.82, 2.24) is 0 Å². The van der Waals surface area contributed by atoms with Crippen LogP contribution in [0, 0.1) is 0 Å². The van der Waals surface area contributed by atoms with Crippen molar-refractivity contribution in [3.8, 4) is 0 Å². The van der Waals surface area contributed by atoms with Gasteiger partial charge in [-0.2, -0.15) is 0 Å². The summed E-state index contributed by atoms with van der Waals surface area (Å²) in [5, 5.41) is 10.4. The average molecular weight is 236 g/mol. The standard InChI is InChI=1S/C17H16O/c18-17-15(12-13-6-2-1-3-7-13)11-10-14-8-4-5-9-16(14)17/h1-9,12,17-18H,10-11H2/b15-12+. The molecule has 18 heavy (non-hydrogen) atoms. The van der Waals surface area contributed by atoms with Gasteiger partial charge in [0.1, 0.15) is 6.10 Å². The van der Waals surface area contributed by atoms with Gasteiger partial charge in [0.05, 0.1) is 0 Å². The first kappa shape index (κ1) is 11.2. The molecule has 2 aromatic carbocycles. The van der Waals surface area contributed by atoms with E-state index in [4.69, 9.17) is 0 Å². The van der Waals surface area contributed by atoms with Crippen LogP contribution in [0.15, 0.2) is 60.2 Å². The molecule has 0 radical (unpaired) electrons. The fourth-order valence-corrected chi connectivity index (χ4v) is 2.56. The fraction of sp³-hybridized carbons (Fsp3) is 0.176. The molecule has 0 aromatic heterocycles. The lowest BCUT2D eigenvalue weighted by atomic mass is 9.85. The summed E-state index contributed by atoms with van der Waals surface area (Å²) in [5.74, 6) is 0. The number of aliphatic hydroxyl groups is 1. The van der Waals surface area contributed by atoms with Gasteiger partial charge >= 0.3 is 0 Å². The maximum Gasteiger partial charge on any atom is 0.101 e. The number of benzene rings is 2. The number of fused-ring (bicyclic) bond motifs is 1. The van der Waals surface area contributed by atoms with Crippen LogP contribution in [0.2, 0.25) is 0 Å². The second-order valence-corrected chi connectivity index (χ2v) is 4.73. The second-order valence-electron chi connectivity index (χ2n) is 4.73. The van der Waals surface area contributed by atoms with Gasteiger partial charge < -0.3 is 5.11 Å². The molecule has 0 aliphatic heterocycles. The van der Waals surface area contributed by atoms with E-state index in [0.717, 1.165) is 29.5 Å². The van der Waals surface area contributed by atoms with Crippen LogP contribution in [0.25, 0.3) is 6.08 Å². The second kappa shape index (κ2) is 4.79. The molecule has 1 heteroatoms. The Morgan fingerprint density at radius 1 is 0.889 bits per heavy atom. The van der Waals surface area contributed by atoms with E-state index in [1.165, 1.54) is 5.56 Å². The summed E-state index contributed by atoms with van der Waals surface area (Å²) >= 11 is 0. The third kappa shape index (κ3) is 2.09. The molecule has 0 fully saturated rings. The average Bonchev–Trinajstić information content (AvgIpc) is 2.43. The Morgan fingerprint density at radius 3 is 2.44 bits per heavy atom. The molecule has 1 nitrogen and oxygen atoms in total. The van der Waals surface area contributed by atoms with Gasteiger partial charge in [0.2, 0.25) is 0 Å². The molecule has 1 aliphatic rings. The Kier molecular flexibility index (Phi) is 2.99. The Balaban J connectivity index is 1.96. The third-order valence-electron chi connectivity index (χ3n) is 3.54. The topological polar surface area (TPSA) is 20.2 Å². The molecule has 2 aromatic rings. The Labute approximate surface area is 107 Å². The van der Waals surface area contributed by atoms with E-state index in [-0.39, 0.29) is 0 Å². The number of hydrogen-bond donors (Lipinski definition) is 1. The highest BCUT2D eigenvalue weighted by molar-refractivity contribution is 5.56. The monoisotopic (exact) mass is 236 g/mol. The zero-order valence-electron chi connectivity index (χ0n) is 10.2. The molecule has 1 N–H and O–H groups in total. The summed E-state index contributed by atoms with van der Waals surface area (Å²) in [4.78, 5) is 0. The van der Waals surface area contributed by atoms with Crippen LogP contribution < -0.4 is 0 Å². The molecule has 0 amide bonds. The lowest BCUT2D eigenvalue weighted by Gasteiger charge is -2.24. The first-order valence-corrected chi connectivity index (χ1v) is 6.36. The third-order valence-corrected chi connectivity index (χ3v) is 3.54. The van der Waals surface area contributed by atoms with E-state index >= 15 is 0 Å². The van der Waals surface area contributed by atoms with E-state index in [2.05, 4.69) is 24.3 Å². The maximum absolute atomic E-state index is 10.4. The zero-order valence-corrected chi connectivity index (χ0v) is 10.2. The Hall–Kier alpha value is -1.86. The molecular weight excluding hydrogens is 220 g/mol. The highest BCUT2D eigenvalue weighted by atomic mass is 16.3. The van der Waals surface area contributed by atoms with Crippen molar-refractivity contribution in [2.24, 2.45) is 0 Å². The quantitative estimate of drug-likeness (QED) is 0.799. The minimum absolute atomic E-state index is 0.449. The van der Waals surface area contributed by atoms with E-state index < -0.39 is 6.10 Å². The van der Waals surface area contributed by atoms with Gasteiger partial charge in [-0.3, -0.25) is 0 Å². The highest BCUT2D eigenvalue weighted by Gasteiger charge is 2.21. The van der Waals surface area contributed by atoms with Crippen molar-refractivity contribution in [2.75, 3.05) is 0 Å². The molecule has 3 rings (SSSR count). The van der Waals surface area contributed by atoms with Crippen LogP contribution in [0.4, 0.5) is 0 Å². The largest absolute Gasteiger partial charge is 0.384 e. The van der Waals surface area contributed by atoms with Crippen LogP contribution >= 0.6 is 0 Å². The van der Waals surface area contributed by atoms with E-state index in [9.17, 15) is 5.11 Å². The minimum atomic E-state index is -0.449. The Bertz CT molecular complexity index is 569. The fourth-order valence-electron chi connectivity index (χ4n) is 2.56. The lowest BCUT2D eigenvalue weighted by molar-refractivity contribution is 0.206. The summed E-state index contributed by atoms with van der Waals surface area (Å²) in [6.07, 6.45) is 3.62. The number of aryl methyl sites for hydroxylation is 1. The van der Waals surface area contributed by atoms with E-state index in [0.29, 0.717) is 0 Å². The van der Waals surface area contributed by atoms with Crippen molar-refractivity contribution in [3.63, 3.8) is 0 Å². The van der Waals surface area contributed by atoms with E-state index in [1.54, 1.807) is 0 Å². The van der Waals surface area contributed by atoms with Gasteiger partial charge in [0.25, 0.3) is 0 Å². The predicted octanol–water partition coefficient (Wildman–Crippen LogP) is 3.75. The molecule has 1 aliphatic carbocycles. The summed E-state index contributed by atoms with van der Waals surface area (Å²) in [6.45, 7) is 0. The smallest absolute Gasteiger partial charge is 0.101 e. The number of rotatable bonds is 1. The Morgan fingerprint density at radius 2 is 1.61 bits per heavy atom. The molecule has 1 unspecified atom stereocenters. The maximum atomic E-state index is 10.4. The zero-order chi connectivity index (χ0) is 12.4. The minimum Gasteiger partial charge on any atom is -0.384 e. The van der Waals surface area contributed by atoms with Crippen molar-refractivity contribution >= 4 is 6.08 Å². The number of aliphatic hydroxyl groups excluding tert-OH is 1. The number of hydrogen-bond acceptors (Lipinski definition) is 1. The molecule has 0 bridgehead atoms. The molecule has 0 heterocycles. The molecule has 0 saturated heterocycles. The first-order chi connectivity index (χ1) is 8.84. The van der Waals surface area contributed by atoms with Crippen molar-refractivity contribution < 1.29 is 5.11 Å². The van der Waals surface area contributed by atoms with Gasteiger partial charge in [0, 0.05) is 0 Å². The van der Waals surface area contributed by atoms with Gasteiger partial charge in [0.15, 0.2) is 0 Å². The van der Waals surface area contributed by atoms with Crippen LogP contribution in [0.1, 0.15) is 29.2 Å². The molecule has 0 spiro atoms. The predicted molar refractivity (Wildman–Crippen MR) is 74.1 cm³/mol. The highest BCUT2D eigenvalue weighted by Crippen LogP contribution is 2.34.